The fraction of sp³-hybridized carbons (Fsp3) is 0.500. The van der Waals surface area contributed by atoms with Crippen LogP contribution in [-0.4, -0.2) is 59.3 Å². The number of hydrogen-bond acceptors (Lipinski definition) is 5. The lowest BCUT2D eigenvalue weighted by molar-refractivity contribution is -0.131. The molecule has 1 aromatic carbocycles. The van der Waals surface area contributed by atoms with E-state index in [1.165, 1.54) is 12.1 Å². The molecule has 8 heteroatoms. The van der Waals surface area contributed by atoms with Gasteiger partial charge in [-0.25, -0.2) is 9.18 Å². The predicted molar refractivity (Wildman–Crippen MR) is 142 cm³/mol. The molecule has 1 aliphatic heterocycles. The Hall–Kier alpha value is -3.26. The van der Waals surface area contributed by atoms with Crippen LogP contribution in [0.25, 0.3) is 17.2 Å². The molecule has 0 spiro atoms. The van der Waals surface area contributed by atoms with Crippen molar-refractivity contribution >= 4 is 18.1 Å². The van der Waals surface area contributed by atoms with Gasteiger partial charge in [-0.05, 0) is 86.1 Å². The van der Waals surface area contributed by atoms with Crippen molar-refractivity contribution < 1.29 is 23.8 Å². The summed E-state index contributed by atoms with van der Waals surface area (Å²) in [7, 11) is 1.85. The van der Waals surface area contributed by atoms with Crippen molar-refractivity contribution in [1.29, 1.82) is 0 Å². The number of likely N-dealkylation sites (tertiary alicyclic amines) is 1. The van der Waals surface area contributed by atoms with Crippen LogP contribution in [0.2, 0.25) is 0 Å². The molecule has 2 amide bonds. The van der Waals surface area contributed by atoms with E-state index in [0.29, 0.717) is 18.4 Å². The molecule has 1 aromatic heterocycles. The molecule has 1 saturated heterocycles. The molecule has 2 aromatic rings. The standard InChI is InChI=1S/C30H36FN3O4/c1-3-38-30(37)33-23-10-11-24-20(14-23)15-27-28(26(17-35)29(36)34(27)2)25(24)12-9-22-8-7-19(16-32-22)18-5-4-6-21(31)13-18/h4-9,12-13,16,20,23-28,35H,3,10-11,14-15,17H2,1-2H3,(H,33,37)/b12-9+/t20-,23-,24+,25-,26+,27+,28+/m0/s1. The number of alkyl carbamates (subject to hydrolysis) is 1. The molecule has 2 aliphatic carbocycles. The molecular formula is C30H36FN3O4. The Bertz CT molecular complexity index is 1190. The summed E-state index contributed by atoms with van der Waals surface area (Å²) in [6.07, 6.45) is 9.09. The van der Waals surface area contributed by atoms with Gasteiger partial charge in [0.2, 0.25) is 5.91 Å². The lowest BCUT2D eigenvalue weighted by atomic mass is 9.57. The van der Waals surface area contributed by atoms with Crippen LogP contribution in [0.4, 0.5) is 9.18 Å². The second kappa shape index (κ2) is 11.2. The summed E-state index contributed by atoms with van der Waals surface area (Å²) in [5.41, 5.74) is 2.41. The number of aliphatic hydroxyl groups excluding tert-OH is 1. The van der Waals surface area contributed by atoms with Crippen LogP contribution in [0, 0.1) is 35.4 Å². The van der Waals surface area contributed by atoms with Gasteiger partial charge in [0.15, 0.2) is 0 Å². The summed E-state index contributed by atoms with van der Waals surface area (Å²) in [5, 5.41) is 13.2. The van der Waals surface area contributed by atoms with Gasteiger partial charge in [0, 0.05) is 30.9 Å². The van der Waals surface area contributed by atoms with Crippen LogP contribution in [0.1, 0.15) is 38.3 Å². The minimum absolute atomic E-state index is 0.0123. The average Bonchev–Trinajstić information content (AvgIpc) is 3.15. The van der Waals surface area contributed by atoms with Crippen molar-refractivity contribution in [2.75, 3.05) is 20.3 Å². The predicted octanol–water partition coefficient (Wildman–Crippen LogP) is 4.52. The Labute approximate surface area is 223 Å². The molecule has 7 atom stereocenters. The maximum Gasteiger partial charge on any atom is 0.407 e. The number of benzene rings is 1. The summed E-state index contributed by atoms with van der Waals surface area (Å²) in [6.45, 7) is 1.98. The molecule has 0 unspecified atom stereocenters. The lowest BCUT2D eigenvalue weighted by Gasteiger charge is -2.49. The number of aliphatic hydroxyl groups is 1. The number of ether oxygens (including phenoxy) is 1. The highest BCUT2D eigenvalue weighted by Gasteiger charge is 2.56. The van der Waals surface area contributed by atoms with Crippen molar-refractivity contribution in [3.05, 3.63) is 60.2 Å². The Morgan fingerprint density at radius 1 is 1.24 bits per heavy atom. The summed E-state index contributed by atoms with van der Waals surface area (Å²) < 4.78 is 18.7. The first-order valence-electron chi connectivity index (χ1n) is 13.6. The van der Waals surface area contributed by atoms with Crippen LogP contribution in [0.5, 0.6) is 0 Å². The number of allylic oxidation sites excluding steroid dienone is 1. The third-order valence-corrected chi connectivity index (χ3v) is 8.82. The molecule has 0 bridgehead atoms. The maximum atomic E-state index is 13.6. The number of amides is 2. The molecule has 7 nitrogen and oxygen atoms in total. The van der Waals surface area contributed by atoms with Crippen molar-refractivity contribution in [2.24, 2.45) is 29.6 Å². The number of halogens is 1. The number of fused-ring (bicyclic) bond motifs is 2. The van der Waals surface area contributed by atoms with Crippen LogP contribution in [0.3, 0.4) is 0 Å². The van der Waals surface area contributed by atoms with Crippen molar-refractivity contribution in [2.45, 2.75) is 44.7 Å². The molecule has 2 saturated carbocycles. The number of rotatable bonds is 6. The highest BCUT2D eigenvalue weighted by Crippen LogP contribution is 2.53. The van der Waals surface area contributed by atoms with E-state index in [9.17, 15) is 19.1 Å². The topological polar surface area (TPSA) is 91.8 Å². The number of pyridine rings is 1. The first-order chi connectivity index (χ1) is 18.4. The minimum Gasteiger partial charge on any atom is -0.450 e. The molecule has 202 valence electrons. The van der Waals surface area contributed by atoms with Gasteiger partial charge in [-0.2, -0.15) is 0 Å². The number of nitrogens with one attached hydrogen (secondary N) is 1. The quantitative estimate of drug-likeness (QED) is 0.583. The number of hydrogen-bond donors (Lipinski definition) is 2. The summed E-state index contributed by atoms with van der Waals surface area (Å²) in [6, 6.07) is 10.4. The number of carbonyl (C=O) groups is 2. The van der Waals surface area contributed by atoms with Crippen LogP contribution in [0.15, 0.2) is 48.7 Å². The lowest BCUT2D eigenvalue weighted by Crippen LogP contribution is -2.50. The van der Waals surface area contributed by atoms with Crippen molar-refractivity contribution in [3.8, 4) is 11.1 Å². The van der Waals surface area contributed by atoms with Gasteiger partial charge in [-0.1, -0.05) is 24.3 Å². The molecule has 38 heavy (non-hydrogen) atoms. The molecule has 2 N–H and O–H groups in total. The van der Waals surface area contributed by atoms with E-state index in [-0.39, 0.29) is 48.3 Å². The minimum atomic E-state index is -0.403. The normalized spacial score (nSPS) is 30.7. The first-order valence-corrected chi connectivity index (χ1v) is 13.6. The van der Waals surface area contributed by atoms with E-state index in [2.05, 4.69) is 16.4 Å². The van der Waals surface area contributed by atoms with Crippen LogP contribution in [-0.2, 0) is 9.53 Å². The van der Waals surface area contributed by atoms with Crippen molar-refractivity contribution in [1.82, 2.24) is 15.2 Å². The van der Waals surface area contributed by atoms with Gasteiger partial charge in [-0.3, -0.25) is 9.78 Å². The van der Waals surface area contributed by atoms with Gasteiger partial charge in [0.05, 0.1) is 24.8 Å². The Morgan fingerprint density at radius 2 is 2.08 bits per heavy atom. The third-order valence-electron chi connectivity index (χ3n) is 8.82. The molecular weight excluding hydrogens is 485 g/mol. The Balaban J connectivity index is 1.38. The summed E-state index contributed by atoms with van der Waals surface area (Å²) in [5.74, 6) is 0.177. The van der Waals surface area contributed by atoms with Gasteiger partial charge in [-0.15, -0.1) is 0 Å². The number of nitrogens with zero attached hydrogens (tertiary/aromatic N) is 2. The van der Waals surface area contributed by atoms with E-state index in [1.54, 1.807) is 19.2 Å². The second-order valence-electron chi connectivity index (χ2n) is 10.8. The van der Waals surface area contributed by atoms with Crippen LogP contribution >= 0.6 is 0 Å². The average molecular weight is 522 g/mol. The molecule has 0 radical (unpaired) electrons. The Morgan fingerprint density at radius 3 is 2.79 bits per heavy atom. The Kier molecular flexibility index (Phi) is 7.79. The van der Waals surface area contributed by atoms with Gasteiger partial charge < -0.3 is 20.1 Å². The molecule has 3 fully saturated rings. The van der Waals surface area contributed by atoms with Crippen LogP contribution < -0.4 is 5.32 Å². The first kappa shape index (κ1) is 26.4. The zero-order valence-electron chi connectivity index (χ0n) is 21.9. The zero-order chi connectivity index (χ0) is 26.8. The summed E-state index contributed by atoms with van der Waals surface area (Å²) in [4.78, 5) is 31.5. The zero-order valence-corrected chi connectivity index (χ0v) is 21.9. The van der Waals surface area contributed by atoms with E-state index in [0.717, 1.165) is 42.5 Å². The van der Waals surface area contributed by atoms with E-state index >= 15 is 0 Å². The second-order valence-corrected chi connectivity index (χ2v) is 10.8. The fourth-order valence-corrected chi connectivity index (χ4v) is 7.11. The highest BCUT2D eigenvalue weighted by atomic mass is 19.1. The third kappa shape index (κ3) is 5.19. The smallest absolute Gasteiger partial charge is 0.407 e. The van der Waals surface area contributed by atoms with E-state index in [4.69, 9.17) is 4.74 Å². The van der Waals surface area contributed by atoms with E-state index in [1.807, 2.05) is 36.2 Å². The monoisotopic (exact) mass is 521 g/mol. The summed E-state index contributed by atoms with van der Waals surface area (Å²) >= 11 is 0. The van der Waals surface area contributed by atoms with Gasteiger partial charge >= 0.3 is 6.09 Å². The molecule has 3 aliphatic rings. The SMILES string of the molecule is CCOC(=O)N[C@H]1CC[C@@H]2[C@@H](C1)C[C@@H]1[C@H]([C@H]2/C=C/c2ccc(-c3cccc(F)c3)cn2)[C@@H](CO)C(=O)N1C. The largest absolute Gasteiger partial charge is 0.450 e. The highest BCUT2D eigenvalue weighted by molar-refractivity contribution is 5.82. The molecule has 5 rings (SSSR count). The maximum absolute atomic E-state index is 13.6. The van der Waals surface area contributed by atoms with Crippen molar-refractivity contribution in [3.63, 3.8) is 0 Å². The van der Waals surface area contributed by atoms with Gasteiger partial charge in [0.1, 0.15) is 5.82 Å². The fourth-order valence-electron chi connectivity index (χ4n) is 7.11. The number of carbonyl (C=O) groups excluding carboxylic acids is 2. The van der Waals surface area contributed by atoms with E-state index < -0.39 is 5.92 Å². The van der Waals surface area contributed by atoms with Gasteiger partial charge in [0.25, 0.3) is 0 Å². The molecule has 2 heterocycles. The number of aromatic nitrogens is 1.